The third kappa shape index (κ3) is 1.79. The molecule has 0 bridgehead atoms. The first kappa shape index (κ1) is 10.8. The number of nitrogens with two attached hydrogens (primary N) is 2. The van der Waals surface area contributed by atoms with E-state index in [0.29, 0.717) is 6.07 Å². The molecule has 4 N–H and O–H groups in total. The van der Waals surface area contributed by atoms with Crippen LogP contribution in [0, 0.1) is 5.82 Å². The third-order valence-corrected chi connectivity index (χ3v) is 1.79. The lowest BCUT2D eigenvalue weighted by molar-refractivity contribution is -0.140. The van der Waals surface area contributed by atoms with Crippen LogP contribution in [0.5, 0.6) is 0 Å². The number of rotatable bonds is 1. The maximum atomic E-state index is 13.1. The quantitative estimate of drug-likeness (QED) is 0.547. The van der Waals surface area contributed by atoms with Crippen LogP contribution in [0.3, 0.4) is 0 Å². The van der Waals surface area contributed by atoms with E-state index in [0.717, 1.165) is 6.07 Å². The molecular formula is C8H8F4N2. The lowest BCUT2D eigenvalue weighted by Crippen LogP contribution is -2.13. The molecule has 0 saturated heterocycles. The number of halogens is 4. The van der Waals surface area contributed by atoms with Gasteiger partial charge in [-0.15, -0.1) is 0 Å². The van der Waals surface area contributed by atoms with Crippen LogP contribution < -0.4 is 11.5 Å². The van der Waals surface area contributed by atoms with Crippen LogP contribution in [0.15, 0.2) is 12.1 Å². The van der Waals surface area contributed by atoms with Gasteiger partial charge in [-0.25, -0.2) is 4.39 Å². The molecule has 0 saturated carbocycles. The molecule has 0 amide bonds. The molecule has 0 heterocycles. The van der Waals surface area contributed by atoms with Crippen LogP contribution >= 0.6 is 0 Å². The predicted octanol–water partition coefficient (Wildman–Crippen LogP) is 1.89. The van der Waals surface area contributed by atoms with Gasteiger partial charge in [0.25, 0.3) is 0 Å². The summed E-state index contributed by atoms with van der Waals surface area (Å²) < 4.78 is 49.7. The van der Waals surface area contributed by atoms with Crippen molar-refractivity contribution in [2.75, 3.05) is 5.73 Å². The van der Waals surface area contributed by atoms with E-state index in [2.05, 4.69) is 0 Å². The van der Waals surface area contributed by atoms with E-state index < -0.39 is 17.6 Å². The van der Waals surface area contributed by atoms with Gasteiger partial charge in [0.1, 0.15) is 5.82 Å². The van der Waals surface area contributed by atoms with Gasteiger partial charge in [0.15, 0.2) is 0 Å². The summed E-state index contributed by atoms with van der Waals surface area (Å²) in [6.45, 7) is -0.360. The zero-order valence-electron chi connectivity index (χ0n) is 7.03. The predicted molar refractivity (Wildman–Crippen MR) is 43.7 cm³/mol. The lowest BCUT2D eigenvalue weighted by Gasteiger charge is -2.11. The highest BCUT2D eigenvalue weighted by Crippen LogP contribution is 2.33. The topological polar surface area (TPSA) is 52.0 Å². The average Bonchev–Trinajstić information content (AvgIpc) is 2.02. The van der Waals surface area contributed by atoms with Gasteiger partial charge in [0, 0.05) is 17.8 Å². The van der Waals surface area contributed by atoms with E-state index in [1.54, 1.807) is 0 Å². The summed E-state index contributed by atoms with van der Waals surface area (Å²) in [6, 6.07) is 1.60. The maximum Gasteiger partial charge on any atom is 0.419 e. The zero-order chi connectivity index (χ0) is 10.9. The van der Waals surface area contributed by atoms with Crippen LogP contribution in [0.25, 0.3) is 0 Å². The van der Waals surface area contributed by atoms with Crippen molar-refractivity contribution in [1.82, 2.24) is 0 Å². The highest BCUT2D eigenvalue weighted by atomic mass is 19.4. The monoisotopic (exact) mass is 208 g/mol. The van der Waals surface area contributed by atoms with Crippen LogP contribution in [-0.2, 0) is 12.7 Å². The van der Waals surface area contributed by atoms with E-state index >= 15 is 0 Å². The first-order chi connectivity index (χ1) is 6.38. The van der Waals surface area contributed by atoms with Gasteiger partial charge in [0.2, 0.25) is 0 Å². The van der Waals surface area contributed by atoms with Gasteiger partial charge in [-0.05, 0) is 12.1 Å². The Morgan fingerprint density at radius 2 is 1.79 bits per heavy atom. The molecule has 2 nitrogen and oxygen atoms in total. The Bertz CT molecular complexity index is 346. The van der Waals surface area contributed by atoms with E-state index in [1.807, 2.05) is 0 Å². The number of nitrogen functional groups attached to an aromatic ring is 1. The molecule has 0 spiro atoms. The van der Waals surface area contributed by atoms with Crippen LogP contribution in [0.4, 0.5) is 23.2 Å². The summed E-state index contributed by atoms with van der Waals surface area (Å²) >= 11 is 0. The molecule has 0 aliphatic heterocycles. The van der Waals surface area contributed by atoms with Gasteiger partial charge in [-0.2, -0.15) is 13.2 Å². The number of hydrogen-bond donors (Lipinski definition) is 2. The third-order valence-electron chi connectivity index (χ3n) is 1.79. The molecule has 0 unspecified atom stereocenters. The maximum absolute atomic E-state index is 13.1. The van der Waals surface area contributed by atoms with Crippen LogP contribution in [-0.4, -0.2) is 0 Å². The summed E-state index contributed by atoms with van der Waals surface area (Å²) in [6.07, 6.45) is -4.72. The van der Waals surface area contributed by atoms with Crippen LogP contribution in [0.2, 0.25) is 0 Å². The SMILES string of the molecule is NCc1c(N)ccc(C(F)(F)F)c1F. The number of anilines is 1. The molecule has 0 radical (unpaired) electrons. The number of alkyl halides is 3. The molecular weight excluding hydrogens is 200 g/mol. The highest BCUT2D eigenvalue weighted by Gasteiger charge is 2.35. The van der Waals surface area contributed by atoms with Gasteiger partial charge >= 0.3 is 6.18 Å². The van der Waals surface area contributed by atoms with Crippen molar-refractivity contribution in [2.24, 2.45) is 5.73 Å². The minimum Gasteiger partial charge on any atom is -0.398 e. The molecule has 6 heteroatoms. The Kier molecular flexibility index (Phi) is 2.66. The van der Waals surface area contributed by atoms with Crippen molar-refractivity contribution >= 4 is 5.69 Å². The minimum atomic E-state index is -4.72. The second-order valence-electron chi connectivity index (χ2n) is 2.70. The molecule has 1 rings (SSSR count). The van der Waals surface area contributed by atoms with Gasteiger partial charge in [-0.1, -0.05) is 0 Å². The molecule has 0 fully saturated rings. The van der Waals surface area contributed by atoms with Gasteiger partial charge < -0.3 is 11.5 Å². The Balaban J connectivity index is 3.36. The van der Waals surface area contributed by atoms with Gasteiger partial charge in [-0.3, -0.25) is 0 Å². The smallest absolute Gasteiger partial charge is 0.398 e. The first-order valence-corrected chi connectivity index (χ1v) is 3.72. The fourth-order valence-electron chi connectivity index (χ4n) is 1.06. The molecule has 0 aliphatic carbocycles. The molecule has 1 aromatic carbocycles. The van der Waals surface area contributed by atoms with E-state index in [-0.39, 0.29) is 17.8 Å². The van der Waals surface area contributed by atoms with E-state index in [9.17, 15) is 17.6 Å². The molecule has 0 aliphatic rings. The van der Waals surface area contributed by atoms with E-state index in [4.69, 9.17) is 11.5 Å². The summed E-state index contributed by atoms with van der Waals surface area (Å²) in [5.41, 5.74) is 8.62. The minimum absolute atomic E-state index is 0.0713. The Morgan fingerprint density at radius 1 is 1.21 bits per heavy atom. The zero-order valence-corrected chi connectivity index (χ0v) is 7.03. The Morgan fingerprint density at radius 3 is 2.21 bits per heavy atom. The summed E-state index contributed by atoms with van der Waals surface area (Å²) in [4.78, 5) is 0. The normalized spacial score (nSPS) is 11.8. The average molecular weight is 208 g/mol. The van der Waals surface area contributed by atoms with Gasteiger partial charge in [0.05, 0.1) is 5.56 Å². The van der Waals surface area contributed by atoms with Crippen molar-refractivity contribution in [3.05, 3.63) is 29.1 Å². The van der Waals surface area contributed by atoms with Crippen molar-refractivity contribution in [3.63, 3.8) is 0 Å². The Hall–Kier alpha value is -1.30. The highest BCUT2D eigenvalue weighted by molar-refractivity contribution is 5.50. The number of hydrogen-bond acceptors (Lipinski definition) is 2. The molecule has 14 heavy (non-hydrogen) atoms. The van der Waals surface area contributed by atoms with Crippen molar-refractivity contribution in [2.45, 2.75) is 12.7 Å². The fourth-order valence-corrected chi connectivity index (χ4v) is 1.06. The van der Waals surface area contributed by atoms with Crippen molar-refractivity contribution < 1.29 is 17.6 Å². The first-order valence-electron chi connectivity index (χ1n) is 3.72. The summed E-state index contributed by atoms with van der Waals surface area (Å²) in [7, 11) is 0. The lowest BCUT2D eigenvalue weighted by atomic mass is 10.1. The second-order valence-corrected chi connectivity index (χ2v) is 2.70. The fraction of sp³-hybridized carbons (Fsp3) is 0.250. The summed E-state index contributed by atoms with van der Waals surface area (Å²) in [5.74, 6) is -1.39. The summed E-state index contributed by atoms with van der Waals surface area (Å²) in [5, 5.41) is 0. The molecule has 1 aromatic rings. The molecule has 0 aromatic heterocycles. The van der Waals surface area contributed by atoms with E-state index in [1.165, 1.54) is 0 Å². The van der Waals surface area contributed by atoms with Crippen LogP contribution in [0.1, 0.15) is 11.1 Å². The van der Waals surface area contributed by atoms with Crippen molar-refractivity contribution in [1.29, 1.82) is 0 Å². The largest absolute Gasteiger partial charge is 0.419 e. The molecule has 78 valence electrons. The second kappa shape index (κ2) is 3.45. The van der Waals surface area contributed by atoms with Crippen molar-refractivity contribution in [3.8, 4) is 0 Å². The standard InChI is InChI=1S/C8H8F4N2/c9-7-4(3-13)6(14)2-1-5(7)8(10,11)12/h1-2H,3,13-14H2. The number of benzene rings is 1. The molecule has 0 atom stereocenters. The Labute approximate surface area is 77.5 Å².